The minimum atomic E-state index is -0.626. The predicted molar refractivity (Wildman–Crippen MR) is 109 cm³/mol. The van der Waals surface area contributed by atoms with E-state index in [1.54, 1.807) is 18.3 Å². The number of rotatable bonds is 5. The van der Waals surface area contributed by atoms with E-state index in [2.05, 4.69) is 16.3 Å². The molecule has 0 unspecified atom stereocenters. The third kappa shape index (κ3) is 2.99. The van der Waals surface area contributed by atoms with Gasteiger partial charge in [0.25, 0.3) is 0 Å². The Kier molecular flexibility index (Phi) is 4.92. The van der Waals surface area contributed by atoms with Crippen LogP contribution >= 0.6 is 0 Å². The Balaban J connectivity index is 1.36. The quantitative estimate of drug-likeness (QED) is 0.543. The fourth-order valence-corrected chi connectivity index (χ4v) is 5.90. The highest BCUT2D eigenvalue weighted by atomic mass is 16.5. The van der Waals surface area contributed by atoms with Gasteiger partial charge in [-0.05, 0) is 19.8 Å². The second-order valence-corrected chi connectivity index (χ2v) is 9.24. The molecule has 1 saturated carbocycles. The molecule has 4 heterocycles. The van der Waals surface area contributed by atoms with E-state index in [9.17, 15) is 9.59 Å². The minimum Gasteiger partial charge on any atom is -0.360 e. The summed E-state index contributed by atoms with van der Waals surface area (Å²) < 4.78 is 8.24. The Morgan fingerprint density at radius 2 is 2.07 bits per heavy atom. The van der Waals surface area contributed by atoms with Crippen molar-refractivity contribution in [2.75, 3.05) is 13.6 Å². The molecule has 1 aliphatic carbocycles. The first kappa shape index (κ1) is 19.7. The Hall–Kier alpha value is -2.22. The molecule has 8 nitrogen and oxygen atoms in total. The SMILES string of the molecule is CCn1cnnc1CN(C)C(=O)[C@@H]1[C@@H]2C=C[C@@]3(CN(C4CCCCCC4)C(=O)[C@@H]13)O2. The monoisotopic (exact) mass is 413 g/mol. The van der Waals surface area contributed by atoms with Crippen LogP contribution in [-0.4, -0.2) is 67.7 Å². The van der Waals surface area contributed by atoms with Crippen LogP contribution in [0, 0.1) is 11.8 Å². The summed E-state index contributed by atoms with van der Waals surface area (Å²) in [7, 11) is 1.78. The van der Waals surface area contributed by atoms with Gasteiger partial charge in [-0.25, -0.2) is 0 Å². The molecule has 1 aromatic heterocycles. The molecule has 2 bridgehead atoms. The van der Waals surface area contributed by atoms with Crippen molar-refractivity contribution in [1.29, 1.82) is 0 Å². The zero-order valence-electron chi connectivity index (χ0n) is 17.9. The second-order valence-electron chi connectivity index (χ2n) is 9.24. The number of aromatic nitrogens is 3. The summed E-state index contributed by atoms with van der Waals surface area (Å²) in [4.78, 5) is 30.7. The smallest absolute Gasteiger partial charge is 0.230 e. The van der Waals surface area contributed by atoms with E-state index < -0.39 is 17.4 Å². The molecule has 2 saturated heterocycles. The Labute approximate surface area is 177 Å². The normalized spacial score (nSPS) is 33.2. The molecule has 1 aromatic rings. The van der Waals surface area contributed by atoms with Crippen molar-refractivity contribution in [3.8, 4) is 0 Å². The van der Waals surface area contributed by atoms with E-state index in [0.717, 1.165) is 25.2 Å². The Bertz CT molecular complexity index is 859. The Morgan fingerprint density at radius 3 is 2.80 bits per heavy atom. The summed E-state index contributed by atoms with van der Waals surface area (Å²) >= 11 is 0. The van der Waals surface area contributed by atoms with E-state index >= 15 is 0 Å². The van der Waals surface area contributed by atoms with Gasteiger partial charge in [0.15, 0.2) is 5.82 Å². The number of nitrogens with zero attached hydrogens (tertiary/aromatic N) is 5. The molecule has 4 aliphatic rings. The number of ether oxygens (including phenoxy) is 1. The van der Waals surface area contributed by atoms with Gasteiger partial charge in [-0.15, -0.1) is 10.2 Å². The largest absolute Gasteiger partial charge is 0.360 e. The predicted octanol–water partition coefficient (Wildman–Crippen LogP) is 1.76. The van der Waals surface area contributed by atoms with Gasteiger partial charge in [0.1, 0.15) is 11.9 Å². The summed E-state index contributed by atoms with van der Waals surface area (Å²) in [5.74, 6) is -0.0493. The van der Waals surface area contributed by atoms with Crippen LogP contribution in [0.1, 0.15) is 51.3 Å². The first-order valence-electron chi connectivity index (χ1n) is 11.3. The van der Waals surface area contributed by atoms with Crippen molar-refractivity contribution in [2.24, 2.45) is 11.8 Å². The van der Waals surface area contributed by atoms with Gasteiger partial charge in [0.05, 0.1) is 31.0 Å². The average molecular weight is 414 g/mol. The highest BCUT2D eigenvalue weighted by molar-refractivity contribution is 5.93. The van der Waals surface area contributed by atoms with Gasteiger partial charge in [0, 0.05) is 19.6 Å². The van der Waals surface area contributed by atoms with Crippen LogP contribution in [0.15, 0.2) is 18.5 Å². The number of carbonyl (C=O) groups excluding carboxylic acids is 2. The lowest BCUT2D eigenvalue weighted by molar-refractivity contribution is -0.143. The lowest BCUT2D eigenvalue weighted by Gasteiger charge is -2.30. The zero-order valence-corrected chi connectivity index (χ0v) is 17.9. The summed E-state index contributed by atoms with van der Waals surface area (Å²) in [6.07, 6.45) is 12.4. The van der Waals surface area contributed by atoms with Gasteiger partial charge in [-0.2, -0.15) is 0 Å². The summed E-state index contributed by atoms with van der Waals surface area (Å²) in [6, 6.07) is 0.285. The molecule has 162 valence electrons. The van der Waals surface area contributed by atoms with E-state index in [4.69, 9.17) is 4.74 Å². The summed E-state index contributed by atoms with van der Waals surface area (Å²) in [5, 5.41) is 8.10. The molecule has 1 spiro atoms. The van der Waals surface area contributed by atoms with Gasteiger partial charge in [-0.1, -0.05) is 37.8 Å². The van der Waals surface area contributed by atoms with Gasteiger partial charge >= 0.3 is 0 Å². The van der Waals surface area contributed by atoms with Gasteiger partial charge in [0.2, 0.25) is 11.8 Å². The molecule has 8 heteroatoms. The molecule has 30 heavy (non-hydrogen) atoms. The van der Waals surface area contributed by atoms with Crippen LogP contribution in [0.2, 0.25) is 0 Å². The van der Waals surface area contributed by atoms with E-state index in [-0.39, 0.29) is 24.0 Å². The topological polar surface area (TPSA) is 80.6 Å². The number of hydrogen-bond donors (Lipinski definition) is 0. The fraction of sp³-hybridized carbons (Fsp3) is 0.727. The number of aryl methyl sites for hydroxylation is 1. The lowest BCUT2D eigenvalue weighted by atomic mass is 9.76. The summed E-state index contributed by atoms with van der Waals surface area (Å²) in [5.41, 5.74) is -0.626. The number of hydrogen-bond acceptors (Lipinski definition) is 5. The van der Waals surface area contributed by atoms with Crippen LogP contribution in [0.5, 0.6) is 0 Å². The average Bonchev–Trinajstić information content (AvgIpc) is 3.45. The van der Waals surface area contributed by atoms with E-state index in [1.807, 2.05) is 22.5 Å². The molecule has 3 aliphatic heterocycles. The highest BCUT2D eigenvalue weighted by Crippen LogP contribution is 2.53. The lowest BCUT2D eigenvalue weighted by Crippen LogP contribution is -2.45. The number of likely N-dealkylation sites (tertiary alicyclic amines) is 1. The molecule has 2 amide bonds. The van der Waals surface area contributed by atoms with Crippen molar-refractivity contribution in [1.82, 2.24) is 24.6 Å². The molecule has 3 fully saturated rings. The molecular weight excluding hydrogens is 382 g/mol. The molecule has 5 rings (SSSR count). The van der Waals surface area contributed by atoms with Crippen molar-refractivity contribution in [3.05, 3.63) is 24.3 Å². The van der Waals surface area contributed by atoms with Crippen molar-refractivity contribution in [3.63, 3.8) is 0 Å². The molecule has 0 aromatic carbocycles. The van der Waals surface area contributed by atoms with Crippen molar-refractivity contribution in [2.45, 2.75) is 76.3 Å². The first-order valence-corrected chi connectivity index (χ1v) is 11.3. The maximum atomic E-state index is 13.6. The minimum absolute atomic E-state index is 0.0436. The third-order valence-corrected chi connectivity index (χ3v) is 7.47. The van der Waals surface area contributed by atoms with Gasteiger partial charge < -0.3 is 19.1 Å². The number of amides is 2. The highest BCUT2D eigenvalue weighted by Gasteiger charge is 2.67. The van der Waals surface area contributed by atoms with Crippen LogP contribution in [0.4, 0.5) is 0 Å². The molecule has 0 N–H and O–H groups in total. The Morgan fingerprint density at radius 1 is 1.30 bits per heavy atom. The molecule has 4 atom stereocenters. The number of carbonyl (C=O) groups is 2. The first-order chi connectivity index (χ1) is 14.5. The summed E-state index contributed by atoms with van der Waals surface area (Å²) in [6.45, 7) is 3.74. The maximum Gasteiger partial charge on any atom is 0.230 e. The third-order valence-electron chi connectivity index (χ3n) is 7.47. The maximum absolute atomic E-state index is 13.6. The molecular formula is C22H31N5O3. The van der Waals surface area contributed by atoms with Crippen LogP contribution in [0.3, 0.4) is 0 Å². The second kappa shape index (κ2) is 7.48. The van der Waals surface area contributed by atoms with E-state index in [0.29, 0.717) is 13.1 Å². The standard InChI is InChI=1S/C22H31N5O3/c1-3-26-14-23-24-17(26)12-25(2)20(28)18-16-10-11-22(30-16)13-27(21(29)19(18)22)15-8-6-4-5-7-9-15/h10-11,14-16,18-19H,3-9,12-13H2,1-2H3/t16-,18+,19+,22-/m0/s1. The molecule has 0 radical (unpaired) electrons. The van der Waals surface area contributed by atoms with Crippen molar-refractivity contribution >= 4 is 11.8 Å². The fourth-order valence-electron chi connectivity index (χ4n) is 5.90. The zero-order chi connectivity index (χ0) is 20.9. The van der Waals surface area contributed by atoms with E-state index in [1.165, 1.54) is 25.7 Å². The van der Waals surface area contributed by atoms with Crippen LogP contribution in [-0.2, 0) is 27.4 Å². The van der Waals surface area contributed by atoms with Crippen molar-refractivity contribution < 1.29 is 14.3 Å². The van der Waals surface area contributed by atoms with Gasteiger partial charge in [-0.3, -0.25) is 9.59 Å². The van der Waals surface area contributed by atoms with Crippen LogP contribution in [0.25, 0.3) is 0 Å². The van der Waals surface area contributed by atoms with Crippen LogP contribution < -0.4 is 0 Å². The number of fused-ring (bicyclic) bond motifs is 1.